The van der Waals surface area contributed by atoms with Gasteiger partial charge in [-0.2, -0.15) is 0 Å². The lowest BCUT2D eigenvalue weighted by atomic mass is 10.0. The summed E-state index contributed by atoms with van der Waals surface area (Å²) in [6.45, 7) is 4.71. The molecule has 0 saturated heterocycles. The zero-order valence-corrected chi connectivity index (χ0v) is 16.3. The van der Waals surface area contributed by atoms with Crippen LogP contribution < -0.4 is 20.1 Å². The molecule has 0 spiro atoms. The van der Waals surface area contributed by atoms with Crippen LogP contribution in [0.3, 0.4) is 0 Å². The van der Waals surface area contributed by atoms with Crippen LogP contribution in [0.2, 0.25) is 5.02 Å². The Bertz CT molecular complexity index is 735. The van der Waals surface area contributed by atoms with Crippen molar-refractivity contribution in [1.29, 1.82) is 0 Å². The van der Waals surface area contributed by atoms with E-state index in [4.69, 9.17) is 21.1 Å². The van der Waals surface area contributed by atoms with Crippen molar-refractivity contribution in [3.63, 3.8) is 0 Å². The molecule has 140 valence electrons. The van der Waals surface area contributed by atoms with Gasteiger partial charge in [-0.1, -0.05) is 43.6 Å². The van der Waals surface area contributed by atoms with Crippen LogP contribution in [0.1, 0.15) is 24.2 Å². The van der Waals surface area contributed by atoms with Gasteiger partial charge >= 0.3 is 0 Å². The minimum absolute atomic E-state index is 0.0944. The Morgan fingerprint density at radius 1 is 1.12 bits per heavy atom. The highest BCUT2D eigenvalue weighted by Crippen LogP contribution is 2.35. The number of hydrogen-bond acceptors (Lipinski definition) is 4. The van der Waals surface area contributed by atoms with Gasteiger partial charge in [-0.3, -0.25) is 4.79 Å². The average Bonchev–Trinajstić information content (AvgIpc) is 2.64. The second kappa shape index (κ2) is 9.34. The maximum absolute atomic E-state index is 12.6. The Balaban J connectivity index is 2.07. The van der Waals surface area contributed by atoms with E-state index in [9.17, 15) is 4.79 Å². The van der Waals surface area contributed by atoms with Crippen molar-refractivity contribution in [2.45, 2.75) is 19.9 Å². The number of carbonyl (C=O) groups is 1. The molecule has 0 aliphatic carbocycles. The van der Waals surface area contributed by atoms with Crippen molar-refractivity contribution in [3.8, 4) is 11.5 Å². The number of nitrogens with one attached hydrogen (secondary N) is 2. The lowest BCUT2D eigenvalue weighted by molar-refractivity contribution is 0.0950. The van der Waals surface area contributed by atoms with E-state index in [0.717, 1.165) is 5.69 Å². The third kappa shape index (κ3) is 5.05. The van der Waals surface area contributed by atoms with Crippen LogP contribution in [-0.2, 0) is 0 Å². The van der Waals surface area contributed by atoms with E-state index < -0.39 is 0 Å². The molecule has 26 heavy (non-hydrogen) atoms. The van der Waals surface area contributed by atoms with Crippen molar-refractivity contribution >= 4 is 23.2 Å². The Hall–Kier alpha value is -2.40. The maximum Gasteiger partial charge on any atom is 0.251 e. The van der Waals surface area contributed by atoms with Crippen molar-refractivity contribution in [2.24, 2.45) is 5.92 Å². The molecule has 6 heteroatoms. The number of rotatable bonds is 8. The molecule has 0 saturated carbocycles. The van der Waals surface area contributed by atoms with Crippen LogP contribution >= 0.6 is 11.6 Å². The van der Waals surface area contributed by atoms with Gasteiger partial charge < -0.3 is 20.1 Å². The lowest BCUT2D eigenvalue weighted by Gasteiger charge is -2.24. The van der Waals surface area contributed by atoms with Gasteiger partial charge in [0, 0.05) is 23.8 Å². The highest BCUT2D eigenvalue weighted by molar-refractivity contribution is 6.32. The topological polar surface area (TPSA) is 59.6 Å². The number of para-hydroxylation sites is 1. The maximum atomic E-state index is 12.6. The number of benzene rings is 2. The zero-order valence-electron chi connectivity index (χ0n) is 15.5. The van der Waals surface area contributed by atoms with Gasteiger partial charge in [-0.25, -0.2) is 0 Å². The summed E-state index contributed by atoms with van der Waals surface area (Å²) in [6.07, 6.45) is 0. The average molecular weight is 377 g/mol. The zero-order chi connectivity index (χ0) is 19.1. The molecule has 2 aromatic carbocycles. The van der Waals surface area contributed by atoms with Crippen LogP contribution in [0.25, 0.3) is 0 Å². The van der Waals surface area contributed by atoms with Crippen LogP contribution in [-0.4, -0.2) is 32.7 Å². The third-order valence-corrected chi connectivity index (χ3v) is 4.39. The molecule has 0 aromatic heterocycles. The number of halogens is 1. The normalized spacial score (nSPS) is 11.8. The quantitative estimate of drug-likeness (QED) is 0.724. The number of carbonyl (C=O) groups excluding carboxylic acids is 1. The number of amides is 1. The Kier molecular flexibility index (Phi) is 7.16. The second-order valence-corrected chi connectivity index (χ2v) is 6.67. The SMILES string of the molecule is COc1cc(C(=O)NCC(Nc2ccccc2)C(C)C)cc(Cl)c1OC. The van der Waals surface area contributed by atoms with E-state index >= 15 is 0 Å². The van der Waals surface area contributed by atoms with Crippen LogP contribution in [0.4, 0.5) is 5.69 Å². The molecule has 0 radical (unpaired) electrons. The van der Waals surface area contributed by atoms with E-state index in [1.807, 2.05) is 30.3 Å². The fourth-order valence-corrected chi connectivity index (χ4v) is 2.84. The third-order valence-electron chi connectivity index (χ3n) is 4.11. The standard InChI is InChI=1S/C20H25ClN2O3/c1-13(2)17(23-15-8-6-5-7-9-15)12-22-20(24)14-10-16(21)19(26-4)18(11-14)25-3/h5-11,13,17,23H,12H2,1-4H3,(H,22,24). The highest BCUT2D eigenvalue weighted by Gasteiger charge is 2.18. The summed E-state index contributed by atoms with van der Waals surface area (Å²) >= 11 is 6.18. The number of hydrogen-bond donors (Lipinski definition) is 2. The molecule has 2 aromatic rings. The molecule has 1 amide bonds. The molecule has 0 bridgehead atoms. The summed E-state index contributed by atoms with van der Waals surface area (Å²) in [5.41, 5.74) is 1.45. The van der Waals surface area contributed by atoms with E-state index in [0.29, 0.717) is 34.5 Å². The van der Waals surface area contributed by atoms with Crippen LogP contribution in [0.5, 0.6) is 11.5 Å². The Morgan fingerprint density at radius 3 is 2.38 bits per heavy atom. The molecule has 0 aliphatic rings. The molecule has 1 unspecified atom stereocenters. The highest BCUT2D eigenvalue weighted by atomic mass is 35.5. The fraction of sp³-hybridized carbons (Fsp3) is 0.350. The molecule has 0 fully saturated rings. The van der Waals surface area contributed by atoms with Crippen molar-refractivity contribution in [1.82, 2.24) is 5.32 Å². The molecule has 5 nitrogen and oxygen atoms in total. The lowest BCUT2D eigenvalue weighted by Crippen LogP contribution is -2.39. The predicted octanol–water partition coefficient (Wildman–Crippen LogP) is 4.22. The van der Waals surface area contributed by atoms with Crippen molar-refractivity contribution in [2.75, 3.05) is 26.1 Å². The van der Waals surface area contributed by atoms with Crippen LogP contribution in [0.15, 0.2) is 42.5 Å². The van der Waals surface area contributed by atoms with E-state index in [2.05, 4.69) is 24.5 Å². The van der Waals surface area contributed by atoms with Gasteiger partial charge in [0.1, 0.15) is 0 Å². The van der Waals surface area contributed by atoms with Gasteiger partial charge in [0.05, 0.1) is 19.2 Å². The minimum atomic E-state index is -0.214. The first-order valence-electron chi connectivity index (χ1n) is 8.47. The molecule has 2 rings (SSSR count). The van der Waals surface area contributed by atoms with Crippen LogP contribution in [0, 0.1) is 5.92 Å². The van der Waals surface area contributed by atoms with Gasteiger partial charge in [-0.15, -0.1) is 0 Å². The van der Waals surface area contributed by atoms with E-state index in [1.165, 1.54) is 14.2 Å². The fourth-order valence-electron chi connectivity index (χ4n) is 2.56. The molecule has 0 aliphatic heterocycles. The second-order valence-electron chi connectivity index (χ2n) is 6.26. The van der Waals surface area contributed by atoms with Gasteiger partial charge in [0.25, 0.3) is 5.91 Å². The van der Waals surface area contributed by atoms with Crippen molar-refractivity contribution in [3.05, 3.63) is 53.1 Å². The number of ether oxygens (including phenoxy) is 2. The first-order valence-corrected chi connectivity index (χ1v) is 8.85. The molecule has 2 N–H and O–H groups in total. The van der Waals surface area contributed by atoms with E-state index in [-0.39, 0.29) is 11.9 Å². The van der Waals surface area contributed by atoms with E-state index in [1.54, 1.807) is 12.1 Å². The minimum Gasteiger partial charge on any atom is -0.493 e. The number of methoxy groups -OCH3 is 2. The van der Waals surface area contributed by atoms with Crippen molar-refractivity contribution < 1.29 is 14.3 Å². The number of anilines is 1. The summed E-state index contributed by atoms with van der Waals surface area (Å²) in [5, 5.41) is 6.75. The first-order chi connectivity index (χ1) is 12.5. The largest absolute Gasteiger partial charge is 0.493 e. The summed E-state index contributed by atoms with van der Waals surface area (Å²) < 4.78 is 10.4. The van der Waals surface area contributed by atoms with Gasteiger partial charge in [0.15, 0.2) is 11.5 Å². The monoisotopic (exact) mass is 376 g/mol. The molecular formula is C20H25ClN2O3. The Morgan fingerprint density at radius 2 is 1.81 bits per heavy atom. The molecular weight excluding hydrogens is 352 g/mol. The summed E-state index contributed by atoms with van der Waals surface area (Å²) in [6, 6.07) is 13.2. The summed E-state index contributed by atoms with van der Waals surface area (Å²) in [7, 11) is 3.01. The Labute approximate surface area is 159 Å². The smallest absolute Gasteiger partial charge is 0.251 e. The molecule has 0 heterocycles. The van der Waals surface area contributed by atoms with Gasteiger partial charge in [0.2, 0.25) is 0 Å². The van der Waals surface area contributed by atoms with Gasteiger partial charge in [-0.05, 0) is 30.2 Å². The molecule has 1 atom stereocenters. The first kappa shape index (κ1) is 19.9. The summed E-state index contributed by atoms with van der Waals surface area (Å²) in [4.78, 5) is 12.6. The predicted molar refractivity (Wildman–Crippen MR) is 106 cm³/mol. The summed E-state index contributed by atoms with van der Waals surface area (Å²) in [5.74, 6) is 0.961.